The first-order valence-corrected chi connectivity index (χ1v) is 11.0. The third-order valence-corrected chi connectivity index (χ3v) is 5.42. The van der Waals surface area contributed by atoms with Gasteiger partial charge in [-0.1, -0.05) is 12.8 Å². The molecule has 0 bridgehead atoms. The van der Waals surface area contributed by atoms with Crippen molar-refractivity contribution in [3.8, 4) is 0 Å². The number of ketones is 1. The zero-order chi connectivity index (χ0) is 22.8. The third kappa shape index (κ3) is 5.90. The Morgan fingerprint density at radius 1 is 0.929 bits per heavy atom. The second-order valence-corrected chi connectivity index (χ2v) is 9.88. The van der Waals surface area contributed by atoms with Gasteiger partial charge in [-0.25, -0.2) is 8.42 Å². The maximum Gasteiger partial charge on any atom is 0.460 e. The Morgan fingerprint density at radius 2 is 1.32 bits per heavy atom. The van der Waals surface area contributed by atoms with Gasteiger partial charge < -0.3 is 4.55 Å². The van der Waals surface area contributed by atoms with E-state index in [2.05, 4.69) is 12.5 Å². The average molecular weight is 472 g/mol. The zero-order valence-corrected chi connectivity index (χ0v) is 16.1. The van der Waals surface area contributed by atoms with Crippen LogP contribution in [0.2, 0.25) is 0 Å². The van der Waals surface area contributed by atoms with Crippen LogP contribution >= 0.6 is 0 Å². The molecule has 0 atom stereocenters. The number of Topliss-reactive ketones (excluding diaryl/α,β-unsaturated/α-hetero) is 1. The van der Waals surface area contributed by atoms with Gasteiger partial charge in [-0.3, -0.25) is 4.79 Å². The standard InChI is InChI=1S/C9H17OS.C4HF9O3S/c1-11(2)7-9(10)8-5-3-4-6-8;5-1(6,3(9,10)11)2(7,8)4(12,13)17(14,15)16/h8H,3-7H2,1-2H3;(H,14,15,16)/q+1;/p-1. The van der Waals surface area contributed by atoms with Crippen LogP contribution in [-0.4, -0.2) is 60.3 Å². The largest absolute Gasteiger partial charge is 0.743 e. The van der Waals surface area contributed by atoms with Gasteiger partial charge in [0.05, 0.1) is 12.5 Å². The van der Waals surface area contributed by atoms with Crippen LogP contribution in [0.3, 0.4) is 0 Å². The summed E-state index contributed by atoms with van der Waals surface area (Å²) in [7, 11) is -7.11. The van der Waals surface area contributed by atoms with E-state index in [-0.39, 0.29) is 0 Å². The second kappa shape index (κ2) is 8.98. The predicted octanol–water partition coefficient (Wildman–Crippen LogP) is 3.58. The Kier molecular flexibility index (Phi) is 8.75. The molecule has 0 aliphatic heterocycles. The normalized spacial score (nSPS) is 17.5. The van der Waals surface area contributed by atoms with Gasteiger partial charge in [0, 0.05) is 5.92 Å². The van der Waals surface area contributed by atoms with E-state index in [1.807, 2.05) is 0 Å². The molecule has 0 unspecified atom stereocenters. The lowest BCUT2D eigenvalue weighted by molar-refractivity contribution is -0.382. The molecule has 1 saturated carbocycles. The van der Waals surface area contributed by atoms with Crippen molar-refractivity contribution in [2.24, 2.45) is 5.92 Å². The monoisotopic (exact) mass is 472 g/mol. The molecule has 1 aliphatic carbocycles. The number of carbonyl (C=O) groups is 1. The molecule has 168 valence electrons. The Morgan fingerprint density at radius 3 is 1.61 bits per heavy atom. The fourth-order valence-electron chi connectivity index (χ4n) is 2.17. The van der Waals surface area contributed by atoms with Gasteiger partial charge in [-0.15, -0.1) is 0 Å². The summed E-state index contributed by atoms with van der Waals surface area (Å²) in [5, 5.41) is -7.11. The Hall–Kier alpha value is -0.700. The van der Waals surface area contributed by atoms with Gasteiger partial charge in [0.15, 0.2) is 21.7 Å². The van der Waals surface area contributed by atoms with Crippen LogP contribution in [0.5, 0.6) is 0 Å². The molecule has 1 aliphatic rings. The molecule has 28 heavy (non-hydrogen) atoms. The first-order chi connectivity index (χ1) is 12.2. The van der Waals surface area contributed by atoms with E-state index in [1.165, 1.54) is 12.8 Å². The first-order valence-electron chi connectivity index (χ1n) is 7.42. The minimum atomic E-state index is -7.43. The van der Waals surface area contributed by atoms with Crippen molar-refractivity contribution in [1.82, 2.24) is 0 Å². The van der Waals surface area contributed by atoms with Gasteiger partial charge in [-0.2, -0.15) is 39.5 Å². The number of halogens is 9. The molecule has 0 radical (unpaired) electrons. The van der Waals surface area contributed by atoms with Crippen molar-refractivity contribution in [3.63, 3.8) is 0 Å². The number of rotatable bonds is 6. The molecule has 0 heterocycles. The van der Waals surface area contributed by atoms with Crippen molar-refractivity contribution in [1.29, 1.82) is 0 Å². The second-order valence-electron chi connectivity index (χ2n) is 6.20. The summed E-state index contributed by atoms with van der Waals surface area (Å²) < 4.78 is 135. The molecule has 1 rings (SSSR count). The topological polar surface area (TPSA) is 74.3 Å². The van der Waals surface area contributed by atoms with E-state index in [9.17, 15) is 57.3 Å². The molecule has 15 heteroatoms. The average Bonchev–Trinajstić information content (AvgIpc) is 2.98. The number of carbonyl (C=O) groups excluding carboxylic acids is 1. The maximum absolute atomic E-state index is 12.2. The Balaban J connectivity index is 0.000000567. The number of hydrogen-bond donors (Lipinski definition) is 0. The fourth-order valence-corrected chi connectivity index (χ4v) is 3.41. The summed E-state index contributed by atoms with van der Waals surface area (Å²) in [5.41, 5.74) is 0. The van der Waals surface area contributed by atoms with Crippen LogP contribution < -0.4 is 0 Å². The van der Waals surface area contributed by atoms with Crippen LogP contribution in [0.15, 0.2) is 0 Å². The van der Waals surface area contributed by atoms with E-state index in [0.717, 1.165) is 18.6 Å². The molecule has 0 amide bonds. The van der Waals surface area contributed by atoms with Crippen molar-refractivity contribution in [2.45, 2.75) is 49.0 Å². The van der Waals surface area contributed by atoms with Gasteiger partial charge in [0.2, 0.25) is 0 Å². The van der Waals surface area contributed by atoms with Crippen LogP contribution in [0, 0.1) is 5.92 Å². The highest BCUT2D eigenvalue weighted by Gasteiger charge is 2.83. The smallest absolute Gasteiger partial charge is 0.460 e. The number of hydrogen-bond acceptors (Lipinski definition) is 4. The van der Waals surface area contributed by atoms with Crippen LogP contribution in [0.4, 0.5) is 39.5 Å². The van der Waals surface area contributed by atoms with Gasteiger partial charge >= 0.3 is 23.3 Å². The van der Waals surface area contributed by atoms with Crippen LogP contribution in [0.1, 0.15) is 25.7 Å². The summed E-state index contributed by atoms with van der Waals surface area (Å²) in [5.74, 6) is -13.0. The quantitative estimate of drug-likeness (QED) is 0.337. The molecule has 1 fully saturated rings. The lowest BCUT2D eigenvalue weighted by Crippen LogP contribution is -2.63. The minimum absolute atomic E-state index is 0.309. The van der Waals surface area contributed by atoms with E-state index >= 15 is 0 Å². The SMILES string of the molecule is C[S+](C)CC(=O)C1CCCC1.O=S(=O)([O-])C(F)(F)C(F)(F)C(F)(F)C(F)(F)F. The Bertz CT molecular complexity index is 639. The fraction of sp³-hybridized carbons (Fsp3) is 0.923. The summed E-state index contributed by atoms with van der Waals surface area (Å²) in [6.45, 7) is 0. The van der Waals surface area contributed by atoms with Crippen LogP contribution in [0.25, 0.3) is 0 Å². The van der Waals surface area contributed by atoms with Crippen molar-refractivity contribution in [2.75, 3.05) is 18.3 Å². The number of alkyl halides is 9. The molecule has 0 aromatic rings. The molecule has 0 aromatic heterocycles. The summed E-state index contributed by atoms with van der Waals surface area (Å²) in [6, 6.07) is 0. The summed E-state index contributed by atoms with van der Waals surface area (Å²) in [6.07, 6.45) is 2.01. The first kappa shape index (κ1) is 27.3. The maximum atomic E-state index is 12.2. The molecule has 0 saturated heterocycles. The van der Waals surface area contributed by atoms with Gasteiger partial charge in [-0.05, 0) is 23.7 Å². The molecule has 0 spiro atoms. The highest BCUT2D eigenvalue weighted by atomic mass is 32.2. The molecular formula is C13H17F9O4S2. The Labute approximate surface area is 157 Å². The molecule has 0 N–H and O–H groups in total. The van der Waals surface area contributed by atoms with Crippen molar-refractivity contribution < 1.29 is 57.3 Å². The lowest BCUT2D eigenvalue weighted by atomic mass is 10.0. The zero-order valence-electron chi connectivity index (χ0n) is 14.5. The molecule has 4 nitrogen and oxygen atoms in total. The van der Waals surface area contributed by atoms with Crippen molar-refractivity contribution >= 4 is 26.8 Å². The van der Waals surface area contributed by atoms with E-state index in [1.54, 1.807) is 0 Å². The summed E-state index contributed by atoms with van der Waals surface area (Å²) in [4.78, 5) is 11.5. The van der Waals surface area contributed by atoms with E-state index < -0.39 is 33.4 Å². The summed E-state index contributed by atoms with van der Waals surface area (Å²) >= 11 is 0. The third-order valence-electron chi connectivity index (χ3n) is 3.67. The van der Waals surface area contributed by atoms with E-state index in [4.69, 9.17) is 0 Å². The van der Waals surface area contributed by atoms with Gasteiger partial charge in [0.25, 0.3) is 0 Å². The minimum Gasteiger partial charge on any atom is -0.743 e. The molecule has 0 aromatic carbocycles. The van der Waals surface area contributed by atoms with Gasteiger partial charge in [0.1, 0.15) is 0 Å². The predicted molar refractivity (Wildman–Crippen MR) is 81.6 cm³/mol. The molecular weight excluding hydrogens is 455 g/mol. The highest BCUT2D eigenvalue weighted by molar-refractivity contribution is 7.96. The van der Waals surface area contributed by atoms with Crippen LogP contribution in [-0.2, 0) is 25.8 Å². The van der Waals surface area contributed by atoms with E-state index in [0.29, 0.717) is 22.6 Å². The highest BCUT2D eigenvalue weighted by Crippen LogP contribution is 2.54. The van der Waals surface area contributed by atoms with Crippen molar-refractivity contribution in [3.05, 3.63) is 0 Å². The lowest BCUT2D eigenvalue weighted by Gasteiger charge is -2.34.